The van der Waals surface area contributed by atoms with Crippen molar-refractivity contribution in [3.8, 4) is 0 Å². The molecule has 132 valence electrons. The summed E-state index contributed by atoms with van der Waals surface area (Å²) in [6.45, 7) is 0. The summed E-state index contributed by atoms with van der Waals surface area (Å²) in [5.74, 6) is -0.339. The zero-order valence-electron chi connectivity index (χ0n) is 13.8. The average molecular weight is 384 g/mol. The number of rotatable bonds is 4. The normalized spacial score (nSPS) is 9.81. The third-order valence-electron chi connectivity index (χ3n) is 3.56. The summed E-state index contributed by atoms with van der Waals surface area (Å²) in [6.07, 6.45) is 0.528. The number of halogens is 1. The molecular weight excluding hydrogens is 367 g/mol. The van der Waals surface area contributed by atoms with Crippen molar-refractivity contribution in [2.75, 3.05) is 0 Å². The summed E-state index contributed by atoms with van der Waals surface area (Å²) >= 11 is 7.45. The Morgan fingerprint density at radius 3 is 1.85 bits per heavy atom. The van der Waals surface area contributed by atoms with E-state index in [-0.39, 0.29) is 16.0 Å². The third-order valence-corrected chi connectivity index (χ3v) is 4.05. The molecule has 3 rings (SSSR count). The van der Waals surface area contributed by atoms with Crippen LogP contribution in [0.5, 0.6) is 0 Å². The third kappa shape index (κ3) is 6.17. The highest BCUT2D eigenvalue weighted by atomic mass is 32.1. The summed E-state index contributed by atoms with van der Waals surface area (Å²) in [5.41, 5.74) is 2.80. The number of carbonyl (C=O) groups is 2. The number of benzene rings is 3. The van der Waals surface area contributed by atoms with Gasteiger partial charge in [0.15, 0.2) is 0 Å². The van der Waals surface area contributed by atoms with Crippen LogP contribution in [0.4, 0.5) is 4.39 Å². The van der Waals surface area contributed by atoms with E-state index in [9.17, 15) is 14.0 Å². The summed E-state index contributed by atoms with van der Waals surface area (Å²) in [6, 6.07) is 22.7. The highest BCUT2D eigenvalue weighted by Crippen LogP contribution is 2.17. The van der Waals surface area contributed by atoms with Crippen molar-refractivity contribution in [1.82, 2.24) is 0 Å². The van der Waals surface area contributed by atoms with Gasteiger partial charge in [-0.2, -0.15) is 0 Å². The fourth-order valence-electron chi connectivity index (χ4n) is 2.31. The minimum atomic E-state index is -0.339. The van der Waals surface area contributed by atoms with E-state index in [1.807, 2.05) is 48.5 Å². The minimum Gasteiger partial charge on any atom is -0.282 e. The van der Waals surface area contributed by atoms with Crippen molar-refractivity contribution in [2.24, 2.45) is 0 Å². The fraction of sp³-hybridized carbons (Fsp3) is 0.0476. The van der Waals surface area contributed by atoms with E-state index in [4.69, 9.17) is 0 Å². The molecule has 0 aliphatic heterocycles. The Bertz CT molecular complexity index is 881. The van der Waals surface area contributed by atoms with Crippen molar-refractivity contribution in [1.29, 1.82) is 0 Å². The van der Waals surface area contributed by atoms with Crippen LogP contribution in [0.3, 0.4) is 0 Å². The van der Waals surface area contributed by atoms with Gasteiger partial charge in [0, 0.05) is 11.1 Å². The molecule has 0 saturated heterocycles. The molecule has 0 atom stereocenters. The van der Waals surface area contributed by atoms with Crippen molar-refractivity contribution in [3.05, 3.63) is 107 Å². The van der Waals surface area contributed by atoms with Crippen LogP contribution in [0.15, 0.2) is 78.9 Å². The monoisotopic (exact) mass is 384 g/mol. The summed E-state index contributed by atoms with van der Waals surface area (Å²) in [7, 11) is 0. The Kier molecular flexibility index (Phi) is 7.63. The van der Waals surface area contributed by atoms with Crippen LogP contribution in [-0.2, 0) is 6.42 Å². The lowest BCUT2D eigenvalue weighted by molar-refractivity contribution is 0.108. The van der Waals surface area contributed by atoms with Gasteiger partial charge in [-0.3, -0.25) is 9.59 Å². The molecular formula is C21H17FO2S2. The molecule has 0 aliphatic rings. The smallest absolute Gasteiger partial charge is 0.216 e. The van der Waals surface area contributed by atoms with E-state index in [1.54, 1.807) is 12.1 Å². The van der Waals surface area contributed by atoms with E-state index < -0.39 is 0 Å². The molecule has 0 aromatic heterocycles. The molecule has 5 heteroatoms. The van der Waals surface area contributed by atoms with Crippen molar-refractivity contribution in [2.45, 2.75) is 6.42 Å². The van der Waals surface area contributed by atoms with Crippen LogP contribution in [0.1, 0.15) is 31.8 Å². The zero-order chi connectivity index (χ0) is 18.9. The van der Waals surface area contributed by atoms with Gasteiger partial charge in [-0.1, -0.05) is 60.7 Å². The maximum atomic E-state index is 13.2. The van der Waals surface area contributed by atoms with Gasteiger partial charge in [-0.05, 0) is 35.7 Å². The highest BCUT2D eigenvalue weighted by molar-refractivity contribution is 7.97. The first-order valence-electron chi connectivity index (χ1n) is 7.81. The molecule has 0 N–H and O–H groups in total. The van der Waals surface area contributed by atoms with Gasteiger partial charge in [0.25, 0.3) is 0 Å². The molecule has 0 heterocycles. The highest BCUT2D eigenvalue weighted by Gasteiger charge is 2.09. The van der Waals surface area contributed by atoms with Crippen LogP contribution < -0.4 is 0 Å². The number of carbonyl (C=O) groups excluding carboxylic acids is 2. The zero-order valence-corrected chi connectivity index (χ0v) is 15.6. The van der Waals surface area contributed by atoms with Gasteiger partial charge in [0.05, 0.1) is 0 Å². The predicted octanol–water partition coefficient (Wildman–Crippen LogP) is 5.24. The van der Waals surface area contributed by atoms with Crippen LogP contribution in [0.2, 0.25) is 0 Å². The lowest BCUT2D eigenvalue weighted by atomic mass is 10.0. The van der Waals surface area contributed by atoms with E-state index in [2.05, 4.69) is 25.3 Å². The van der Waals surface area contributed by atoms with E-state index in [1.165, 1.54) is 18.2 Å². The Morgan fingerprint density at radius 1 is 0.769 bits per heavy atom. The van der Waals surface area contributed by atoms with Gasteiger partial charge in [0.2, 0.25) is 10.2 Å². The maximum Gasteiger partial charge on any atom is 0.216 e. The first kappa shape index (κ1) is 19.9. The first-order chi connectivity index (χ1) is 12.5. The van der Waals surface area contributed by atoms with Crippen LogP contribution in [-0.4, -0.2) is 10.2 Å². The molecule has 3 aromatic carbocycles. The molecule has 2 nitrogen and oxygen atoms in total. The largest absolute Gasteiger partial charge is 0.282 e. The quantitative estimate of drug-likeness (QED) is 0.603. The molecule has 0 amide bonds. The van der Waals surface area contributed by atoms with Gasteiger partial charge in [-0.15, -0.1) is 25.3 Å². The number of hydrogen-bond donors (Lipinski definition) is 2. The van der Waals surface area contributed by atoms with Crippen LogP contribution in [0.25, 0.3) is 0 Å². The van der Waals surface area contributed by atoms with Gasteiger partial charge in [-0.25, -0.2) is 4.39 Å². The summed E-state index contributed by atoms with van der Waals surface area (Å²) < 4.78 is 13.2. The van der Waals surface area contributed by atoms with E-state index in [0.29, 0.717) is 23.1 Å². The Balaban J connectivity index is 0.000000228. The summed E-state index contributed by atoms with van der Waals surface area (Å²) in [4.78, 5) is 21.8. The topological polar surface area (TPSA) is 34.1 Å². The lowest BCUT2D eigenvalue weighted by Crippen LogP contribution is -1.99. The van der Waals surface area contributed by atoms with Crippen molar-refractivity contribution >= 4 is 35.5 Å². The second kappa shape index (κ2) is 9.94. The molecule has 0 fully saturated rings. The molecule has 26 heavy (non-hydrogen) atoms. The van der Waals surface area contributed by atoms with E-state index >= 15 is 0 Å². The summed E-state index contributed by atoms with van der Waals surface area (Å²) in [5, 5.41) is -0.522. The van der Waals surface area contributed by atoms with E-state index in [0.717, 1.165) is 5.56 Å². The molecule has 0 spiro atoms. The molecule has 3 aromatic rings. The number of thiol groups is 2. The first-order valence-corrected chi connectivity index (χ1v) is 8.71. The Morgan fingerprint density at radius 2 is 1.35 bits per heavy atom. The van der Waals surface area contributed by atoms with Crippen molar-refractivity contribution in [3.63, 3.8) is 0 Å². The Labute approximate surface area is 162 Å². The second-order valence-electron chi connectivity index (χ2n) is 5.44. The molecule has 0 bridgehead atoms. The van der Waals surface area contributed by atoms with Gasteiger partial charge >= 0.3 is 0 Å². The Hall–Kier alpha value is -2.37. The molecule has 0 aliphatic carbocycles. The second-order valence-corrected chi connectivity index (χ2v) is 6.25. The lowest BCUT2D eigenvalue weighted by Gasteiger charge is -2.06. The molecule has 0 unspecified atom stereocenters. The van der Waals surface area contributed by atoms with Crippen LogP contribution in [0, 0.1) is 5.82 Å². The van der Waals surface area contributed by atoms with Crippen molar-refractivity contribution < 1.29 is 14.0 Å². The van der Waals surface area contributed by atoms with Crippen LogP contribution >= 0.6 is 25.3 Å². The number of hydrogen-bond acceptors (Lipinski definition) is 2. The standard InChI is InChI=1S/C14H11FOS.C7H6OS/c15-12-6-7-13(14(16)17)11(9-12)8-10-4-2-1-3-5-10;8-7(9)6-4-2-1-3-5-6/h1-7,9H,8H2,(H,16,17);1-5H,(H,8,9). The van der Waals surface area contributed by atoms with Gasteiger partial charge < -0.3 is 0 Å². The predicted molar refractivity (Wildman–Crippen MR) is 109 cm³/mol. The minimum absolute atomic E-state index is 0.185. The molecule has 0 saturated carbocycles. The molecule has 0 radical (unpaired) electrons. The van der Waals surface area contributed by atoms with Gasteiger partial charge in [0.1, 0.15) is 5.82 Å². The fourth-order valence-corrected chi connectivity index (χ4v) is 2.68. The SMILES string of the molecule is O=C(S)c1ccc(F)cc1Cc1ccccc1.O=C(S)c1ccccc1. The maximum absolute atomic E-state index is 13.2. The average Bonchev–Trinajstić information content (AvgIpc) is 2.63.